The van der Waals surface area contributed by atoms with Gasteiger partial charge in [0, 0.05) is 37.3 Å². The maximum atomic E-state index is 12.5. The molecule has 1 aromatic carbocycles. The highest BCUT2D eigenvalue weighted by molar-refractivity contribution is 5.83. The SMILES string of the molecule is Cc1ccc(C(N)C(=O)NCc2cccnc2N2CCC(C(N)=O)CC2)cc1. The van der Waals surface area contributed by atoms with Crippen molar-refractivity contribution in [2.24, 2.45) is 17.4 Å². The first-order valence-corrected chi connectivity index (χ1v) is 9.53. The summed E-state index contributed by atoms with van der Waals surface area (Å²) >= 11 is 0. The van der Waals surface area contributed by atoms with Crippen molar-refractivity contribution in [3.05, 3.63) is 59.3 Å². The van der Waals surface area contributed by atoms with E-state index in [-0.39, 0.29) is 17.7 Å². The quantitative estimate of drug-likeness (QED) is 0.700. The molecule has 28 heavy (non-hydrogen) atoms. The van der Waals surface area contributed by atoms with Gasteiger partial charge in [0.15, 0.2) is 0 Å². The molecule has 0 radical (unpaired) electrons. The molecule has 1 saturated heterocycles. The summed E-state index contributed by atoms with van der Waals surface area (Å²) in [5.74, 6) is 0.287. The van der Waals surface area contributed by atoms with Crippen LogP contribution in [-0.4, -0.2) is 29.9 Å². The fourth-order valence-electron chi connectivity index (χ4n) is 3.45. The number of primary amides is 1. The zero-order valence-corrected chi connectivity index (χ0v) is 16.1. The summed E-state index contributed by atoms with van der Waals surface area (Å²) in [5, 5.41) is 2.91. The molecule has 1 fully saturated rings. The second kappa shape index (κ2) is 8.84. The van der Waals surface area contributed by atoms with Gasteiger partial charge in [0.1, 0.15) is 11.9 Å². The van der Waals surface area contributed by atoms with Gasteiger partial charge < -0.3 is 21.7 Å². The van der Waals surface area contributed by atoms with Crippen LogP contribution < -0.4 is 21.7 Å². The molecule has 2 amide bonds. The van der Waals surface area contributed by atoms with Crippen LogP contribution in [0.25, 0.3) is 0 Å². The Balaban J connectivity index is 1.63. The maximum absolute atomic E-state index is 12.5. The lowest BCUT2D eigenvalue weighted by Crippen LogP contribution is -2.40. The molecule has 1 aromatic heterocycles. The van der Waals surface area contributed by atoms with Crippen molar-refractivity contribution in [2.45, 2.75) is 32.4 Å². The van der Waals surface area contributed by atoms with Crippen molar-refractivity contribution in [3.8, 4) is 0 Å². The number of nitrogens with two attached hydrogens (primary N) is 2. The summed E-state index contributed by atoms with van der Waals surface area (Å²) < 4.78 is 0. The topological polar surface area (TPSA) is 114 Å². The molecular weight excluding hydrogens is 354 g/mol. The molecule has 7 heteroatoms. The number of aromatic nitrogens is 1. The smallest absolute Gasteiger partial charge is 0.241 e. The van der Waals surface area contributed by atoms with Crippen LogP contribution in [-0.2, 0) is 16.1 Å². The molecule has 1 aliphatic heterocycles. The fourth-order valence-corrected chi connectivity index (χ4v) is 3.45. The van der Waals surface area contributed by atoms with E-state index < -0.39 is 6.04 Å². The highest BCUT2D eigenvalue weighted by atomic mass is 16.2. The molecule has 3 rings (SSSR count). The van der Waals surface area contributed by atoms with E-state index in [1.54, 1.807) is 6.20 Å². The van der Waals surface area contributed by atoms with Gasteiger partial charge in [0.2, 0.25) is 11.8 Å². The lowest BCUT2D eigenvalue weighted by molar-refractivity contribution is -0.123. The van der Waals surface area contributed by atoms with Gasteiger partial charge in [-0.15, -0.1) is 0 Å². The number of rotatable bonds is 6. The highest BCUT2D eigenvalue weighted by Crippen LogP contribution is 2.24. The minimum atomic E-state index is -0.716. The van der Waals surface area contributed by atoms with Crippen molar-refractivity contribution < 1.29 is 9.59 Å². The van der Waals surface area contributed by atoms with Crippen LogP contribution in [0, 0.1) is 12.8 Å². The normalized spacial score (nSPS) is 15.9. The summed E-state index contributed by atoms with van der Waals surface area (Å²) in [4.78, 5) is 30.5. The van der Waals surface area contributed by atoms with Crippen LogP contribution in [0.1, 0.15) is 35.6 Å². The van der Waals surface area contributed by atoms with E-state index in [0.29, 0.717) is 19.6 Å². The molecule has 1 unspecified atom stereocenters. The minimum Gasteiger partial charge on any atom is -0.369 e. The monoisotopic (exact) mass is 381 g/mol. The average Bonchev–Trinajstić information content (AvgIpc) is 2.72. The second-order valence-electron chi connectivity index (χ2n) is 7.26. The van der Waals surface area contributed by atoms with Crippen molar-refractivity contribution in [1.82, 2.24) is 10.3 Å². The number of nitrogens with zero attached hydrogens (tertiary/aromatic N) is 2. The summed E-state index contributed by atoms with van der Waals surface area (Å²) in [6.45, 7) is 3.77. The standard InChI is InChI=1S/C21H27N5O2/c1-14-4-6-15(7-5-14)18(22)21(28)25-13-17-3-2-10-24-20(17)26-11-8-16(9-12-26)19(23)27/h2-7,10,16,18H,8-9,11-13,22H2,1H3,(H2,23,27)(H,25,28). The van der Waals surface area contributed by atoms with E-state index in [2.05, 4.69) is 15.2 Å². The molecule has 0 bridgehead atoms. The van der Waals surface area contributed by atoms with Crippen LogP contribution in [0.15, 0.2) is 42.6 Å². The van der Waals surface area contributed by atoms with Gasteiger partial charge in [-0.1, -0.05) is 35.9 Å². The number of carbonyl (C=O) groups is 2. The zero-order valence-electron chi connectivity index (χ0n) is 16.1. The summed E-state index contributed by atoms with van der Waals surface area (Å²) in [6.07, 6.45) is 3.17. The lowest BCUT2D eigenvalue weighted by atomic mass is 9.96. The van der Waals surface area contributed by atoms with Crippen molar-refractivity contribution in [3.63, 3.8) is 0 Å². The van der Waals surface area contributed by atoms with E-state index >= 15 is 0 Å². The molecular formula is C21H27N5O2. The molecule has 1 atom stereocenters. The average molecular weight is 381 g/mol. The molecule has 2 heterocycles. The van der Waals surface area contributed by atoms with E-state index in [1.165, 1.54) is 0 Å². The Morgan fingerprint density at radius 2 is 1.89 bits per heavy atom. The van der Waals surface area contributed by atoms with Crippen LogP contribution in [0.2, 0.25) is 0 Å². The number of carbonyl (C=O) groups excluding carboxylic acids is 2. The first kappa shape index (κ1) is 19.8. The Kier molecular flexibility index (Phi) is 6.26. The van der Waals surface area contributed by atoms with Crippen LogP contribution in [0.4, 0.5) is 5.82 Å². The van der Waals surface area contributed by atoms with Gasteiger partial charge in [0.25, 0.3) is 0 Å². The van der Waals surface area contributed by atoms with Gasteiger partial charge in [-0.25, -0.2) is 4.98 Å². The lowest BCUT2D eigenvalue weighted by Gasteiger charge is -2.32. The number of piperidine rings is 1. The van der Waals surface area contributed by atoms with Crippen LogP contribution >= 0.6 is 0 Å². The molecule has 0 aliphatic carbocycles. The van der Waals surface area contributed by atoms with E-state index in [4.69, 9.17) is 11.5 Å². The summed E-state index contributed by atoms with van der Waals surface area (Å²) in [5.41, 5.74) is 14.3. The number of aryl methyl sites for hydroxylation is 1. The van der Waals surface area contributed by atoms with E-state index in [0.717, 1.165) is 35.3 Å². The van der Waals surface area contributed by atoms with Gasteiger partial charge in [-0.2, -0.15) is 0 Å². The second-order valence-corrected chi connectivity index (χ2v) is 7.26. The summed E-state index contributed by atoms with van der Waals surface area (Å²) in [7, 11) is 0. The number of hydrogen-bond donors (Lipinski definition) is 3. The number of benzene rings is 1. The van der Waals surface area contributed by atoms with E-state index in [9.17, 15) is 9.59 Å². The van der Waals surface area contributed by atoms with Gasteiger partial charge in [0.05, 0.1) is 0 Å². The molecule has 148 valence electrons. The molecule has 1 aliphatic rings. The molecule has 5 N–H and O–H groups in total. The predicted octanol–water partition coefficient (Wildman–Crippen LogP) is 1.41. The predicted molar refractivity (Wildman–Crippen MR) is 108 cm³/mol. The maximum Gasteiger partial charge on any atom is 0.241 e. The Morgan fingerprint density at radius 3 is 2.54 bits per heavy atom. The first-order valence-electron chi connectivity index (χ1n) is 9.53. The van der Waals surface area contributed by atoms with Crippen molar-refractivity contribution in [2.75, 3.05) is 18.0 Å². The number of amides is 2. The number of pyridine rings is 1. The Hall–Kier alpha value is -2.93. The van der Waals surface area contributed by atoms with E-state index in [1.807, 2.05) is 43.3 Å². The third-order valence-corrected chi connectivity index (χ3v) is 5.24. The van der Waals surface area contributed by atoms with Gasteiger partial charge in [-0.3, -0.25) is 9.59 Å². The largest absolute Gasteiger partial charge is 0.369 e. The van der Waals surface area contributed by atoms with Crippen LogP contribution in [0.3, 0.4) is 0 Å². The van der Waals surface area contributed by atoms with Gasteiger partial charge >= 0.3 is 0 Å². The molecule has 7 nitrogen and oxygen atoms in total. The zero-order chi connectivity index (χ0) is 20.1. The highest BCUT2D eigenvalue weighted by Gasteiger charge is 2.25. The third kappa shape index (κ3) is 4.67. The van der Waals surface area contributed by atoms with Gasteiger partial charge in [-0.05, 0) is 31.4 Å². The Bertz CT molecular complexity index is 829. The fraction of sp³-hybridized carbons (Fsp3) is 0.381. The number of nitrogens with one attached hydrogen (secondary N) is 1. The van der Waals surface area contributed by atoms with Crippen molar-refractivity contribution >= 4 is 17.6 Å². The first-order chi connectivity index (χ1) is 13.5. The Labute approximate surface area is 165 Å². The summed E-state index contributed by atoms with van der Waals surface area (Å²) in [6, 6.07) is 10.7. The number of hydrogen-bond acceptors (Lipinski definition) is 5. The third-order valence-electron chi connectivity index (χ3n) is 5.24. The Morgan fingerprint density at radius 1 is 1.21 bits per heavy atom. The molecule has 0 saturated carbocycles. The van der Waals surface area contributed by atoms with Crippen molar-refractivity contribution in [1.29, 1.82) is 0 Å². The minimum absolute atomic E-state index is 0.0735. The molecule has 0 spiro atoms. The van der Waals surface area contributed by atoms with Crippen LogP contribution in [0.5, 0.6) is 0 Å². The molecule has 2 aromatic rings. The number of anilines is 1.